The van der Waals surface area contributed by atoms with Crippen molar-refractivity contribution in [1.29, 1.82) is 0 Å². The van der Waals surface area contributed by atoms with Crippen LogP contribution in [0.25, 0.3) is 34.8 Å². The number of aromatic nitrogens is 4. The first kappa shape index (κ1) is 29.4. The van der Waals surface area contributed by atoms with Crippen molar-refractivity contribution in [3.05, 3.63) is 89.5 Å². The standard InChI is InChI=1S/C35H45N7/c1-6-11-34(42-16-9-8-10-17-42)30-21-33(39-26(30)5)35-31(32(7-2)40-41-35)18-24(3)28-20-29(23-37-22-28)38-25(4)19-27-12-14-36-15-13-27/h6-7,11,18,20-23,27,36,38-40H,1,3-4,8-10,12-17,19H2,2,5H3/b31-18+,32-7+,34-11+. The van der Waals surface area contributed by atoms with Gasteiger partial charge in [0.1, 0.15) is 5.69 Å². The van der Waals surface area contributed by atoms with Crippen molar-refractivity contribution in [1.82, 2.24) is 30.4 Å². The smallest absolute Gasteiger partial charge is 0.116 e. The quantitative estimate of drug-likeness (QED) is 0.237. The van der Waals surface area contributed by atoms with Crippen LogP contribution in [0.1, 0.15) is 62.3 Å². The topological polar surface area (TPSA) is 84.7 Å². The number of aryl methyl sites for hydroxylation is 1. The van der Waals surface area contributed by atoms with Gasteiger partial charge in [-0.05, 0) is 101 Å². The summed E-state index contributed by atoms with van der Waals surface area (Å²) in [5.41, 5.74) is 9.14. The van der Waals surface area contributed by atoms with Crippen molar-refractivity contribution in [2.45, 2.75) is 52.4 Å². The van der Waals surface area contributed by atoms with Crippen LogP contribution in [-0.4, -0.2) is 51.2 Å². The van der Waals surface area contributed by atoms with Crippen molar-refractivity contribution in [2.24, 2.45) is 5.92 Å². The largest absolute Gasteiger partial charge is 0.371 e. The van der Waals surface area contributed by atoms with Crippen LogP contribution in [0.2, 0.25) is 0 Å². The molecule has 0 unspecified atom stereocenters. The van der Waals surface area contributed by atoms with Crippen LogP contribution in [-0.2, 0) is 0 Å². The summed E-state index contributed by atoms with van der Waals surface area (Å²) in [6.07, 6.45) is 19.0. The number of piperidine rings is 2. The summed E-state index contributed by atoms with van der Waals surface area (Å²) in [6, 6.07) is 4.31. The lowest BCUT2D eigenvalue weighted by atomic mass is 9.93. The highest BCUT2D eigenvalue weighted by Crippen LogP contribution is 2.29. The lowest BCUT2D eigenvalue weighted by molar-refractivity contribution is 0.326. The first-order valence-electron chi connectivity index (χ1n) is 15.3. The maximum atomic E-state index is 4.73. The number of hydrogen-bond acceptors (Lipinski definition) is 5. The Labute approximate surface area is 249 Å². The lowest BCUT2D eigenvalue weighted by Crippen LogP contribution is -2.28. The second-order valence-corrected chi connectivity index (χ2v) is 11.5. The van der Waals surface area contributed by atoms with E-state index < -0.39 is 0 Å². The van der Waals surface area contributed by atoms with Gasteiger partial charge in [-0.1, -0.05) is 31.9 Å². The minimum Gasteiger partial charge on any atom is -0.371 e. The van der Waals surface area contributed by atoms with Crippen molar-refractivity contribution in [2.75, 3.05) is 31.5 Å². The molecule has 4 N–H and O–H groups in total. The SMILES string of the molecule is C=C/C=C(\c1cc(-c2n[nH]c(=C/C)/c2=C\C(=C)c2cncc(NC(=C)CC3CCNCC3)c2)[nH]c1C)N1CCCCC1. The molecule has 2 fully saturated rings. The Bertz CT molecular complexity index is 1570. The van der Waals surface area contributed by atoms with Crippen LogP contribution < -0.4 is 21.2 Å². The van der Waals surface area contributed by atoms with Gasteiger partial charge < -0.3 is 20.5 Å². The zero-order chi connectivity index (χ0) is 29.5. The van der Waals surface area contributed by atoms with Crippen molar-refractivity contribution in [3.63, 3.8) is 0 Å². The number of anilines is 1. The molecule has 0 aliphatic carbocycles. The van der Waals surface area contributed by atoms with Gasteiger partial charge in [-0.15, -0.1) is 0 Å². The summed E-state index contributed by atoms with van der Waals surface area (Å²) < 4.78 is 0. The van der Waals surface area contributed by atoms with Crippen LogP contribution in [0.4, 0.5) is 5.69 Å². The summed E-state index contributed by atoms with van der Waals surface area (Å²) in [7, 11) is 0. The number of pyridine rings is 1. The van der Waals surface area contributed by atoms with Gasteiger partial charge in [0.15, 0.2) is 0 Å². The summed E-state index contributed by atoms with van der Waals surface area (Å²) in [6.45, 7) is 21.2. The molecular weight excluding hydrogens is 518 g/mol. The number of rotatable bonds is 10. The van der Waals surface area contributed by atoms with Gasteiger partial charge in [-0.25, -0.2) is 0 Å². The molecule has 5 heterocycles. The first-order chi connectivity index (χ1) is 20.5. The molecule has 3 aromatic rings. The third-order valence-electron chi connectivity index (χ3n) is 8.38. The molecular formula is C35H45N7. The van der Waals surface area contributed by atoms with Gasteiger partial charge in [-0.3, -0.25) is 10.1 Å². The number of likely N-dealkylation sites (tertiary alicyclic amines) is 1. The molecule has 0 spiro atoms. The van der Waals surface area contributed by atoms with Crippen LogP contribution in [0.15, 0.2) is 62.1 Å². The number of hydrogen-bond donors (Lipinski definition) is 4. The average molecular weight is 564 g/mol. The second-order valence-electron chi connectivity index (χ2n) is 11.5. The van der Waals surface area contributed by atoms with Gasteiger partial charge in [0.2, 0.25) is 0 Å². The fourth-order valence-corrected chi connectivity index (χ4v) is 6.13. The van der Waals surface area contributed by atoms with Gasteiger partial charge in [-0.2, -0.15) is 5.10 Å². The van der Waals surface area contributed by atoms with E-state index in [0.29, 0.717) is 5.92 Å². The molecule has 7 nitrogen and oxygen atoms in total. The zero-order valence-electron chi connectivity index (χ0n) is 25.2. The molecule has 220 valence electrons. The summed E-state index contributed by atoms with van der Waals surface area (Å²) >= 11 is 0. The third-order valence-corrected chi connectivity index (χ3v) is 8.38. The van der Waals surface area contributed by atoms with Crippen LogP contribution >= 0.6 is 0 Å². The third kappa shape index (κ3) is 6.85. The van der Waals surface area contributed by atoms with Gasteiger partial charge in [0.25, 0.3) is 0 Å². The zero-order valence-corrected chi connectivity index (χ0v) is 25.2. The summed E-state index contributed by atoms with van der Waals surface area (Å²) in [4.78, 5) is 10.6. The van der Waals surface area contributed by atoms with E-state index in [-0.39, 0.29) is 0 Å². The second kappa shape index (κ2) is 13.7. The van der Waals surface area contributed by atoms with E-state index >= 15 is 0 Å². The van der Waals surface area contributed by atoms with Crippen molar-refractivity contribution < 1.29 is 0 Å². The van der Waals surface area contributed by atoms with Crippen LogP contribution in [0.5, 0.6) is 0 Å². The molecule has 3 aromatic heterocycles. The van der Waals surface area contributed by atoms with Crippen molar-refractivity contribution in [3.8, 4) is 11.4 Å². The number of H-pyrrole nitrogens is 2. The van der Waals surface area contributed by atoms with Gasteiger partial charge >= 0.3 is 0 Å². The molecule has 42 heavy (non-hydrogen) atoms. The van der Waals surface area contributed by atoms with Crippen molar-refractivity contribution >= 4 is 29.1 Å². The number of aromatic amines is 2. The Morgan fingerprint density at radius 3 is 2.64 bits per heavy atom. The van der Waals surface area contributed by atoms with E-state index in [1.54, 1.807) is 0 Å². The lowest BCUT2D eigenvalue weighted by Gasteiger charge is -2.31. The highest BCUT2D eigenvalue weighted by atomic mass is 15.1. The fraction of sp³-hybridized carbons (Fsp3) is 0.371. The molecule has 5 rings (SSSR count). The molecule has 0 radical (unpaired) electrons. The number of nitrogens with zero attached hydrogens (tertiary/aromatic N) is 3. The minimum absolute atomic E-state index is 0.675. The van der Waals surface area contributed by atoms with Crippen LogP contribution in [0, 0.1) is 12.8 Å². The Morgan fingerprint density at radius 2 is 1.90 bits per heavy atom. The Kier molecular flexibility index (Phi) is 9.59. The molecule has 0 bridgehead atoms. The minimum atomic E-state index is 0.675. The molecule has 0 amide bonds. The molecule has 7 heteroatoms. The van der Waals surface area contributed by atoms with Gasteiger partial charge in [0.05, 0.1) is 22.9 Å². The molecule has 2 saturated heterocycles. The van der Waals surface area contributed by atoms with E-state index in [1.165, 1.54) is 43.4 Å². The Morgan fingerprint density at radius 1 is 1.12 bits per heavy atom. The number of allylic oxidation sites excluding steroid dienone is 4. The maximum absolute atomic E-state index is 4.73. The first-order valence-corrected chi connectivity index (χ1v) is 15.3. The predicted molar refractivity (Wildman–Crippen MR) is 177 cm³/mol. The van der Waals surface area contributed by atoms with E-state index in [0.717, 1.165) is 82.8 Å². The predicted octanol–water partition coefficient (Wildman–Crippen LogP) is 5.73. The Hall–Kier alpha value is -4.10. The average Bonchev–Trinajstić information content (AvgIpc) is 3.59. The normalized spacial score (nSPS) is 17.5. The van der Waals surface area contributed by atoms with E-state index in [1.807, 2.05) is 31.5 Å². The fourth-order valence-electron chi connectivity index (χ4n) is 6.13. The molecule has 0 atom stereocenters. The maximum Gasteiger partial charge on any atom is 0.116 e. The highest BCUT2D eigenvalue weighted by molar-refractivity contribution is 5.88. The van der Waals surface area contributed by atoms with Crippen LogP contribution in [0.3, 0.4) is 0 Å². The van der Waals surface area contributed by atoms with E-state index in [9.17, 15) is 0 Å². The Balaban J connectivity index is 1.41. The molecule has 2 aliphatic heterocycles. The van der Waals surface area contributed by atoms with E-state index in [2.05, 4.69) is 81.5 Å². The van der Waals surface area contributed by atoms with Gasteiger partial charge in [0, 0.05) is 52.7 Å². The molecule has 0 saturated carbocycles. The number of nitrogens with one attached hydrogen (secondary N) is 4. The van der Waals surface area contributed by atoms with E-state index in [4.69, 9.17) is 5.10 Å². The monoisotopic (exact) mass is 563 g/mol. The summed E-state index contributed by atoms with van der Waals surface area (Å²) in [5, 5.41) is 16.8. The highest BCUT2D eigenvalue weighted by Gasteiger charge is 2.20. The molecule has 2 aliphatic rings. The molecule has 0 aromatic carbocycles. The summed E-state index contributed by atoms with van der Waals surface area (Å²) in [5.74, 6) is 0.675.